The topological polar surface area (TPSA) is 49.8 Å². The second-order valence-corrected chi connectivity index (χ2v) is 6.36. The molecule has 0 radical (unpaired) electrons. The third-order valence-corrected chi connectivity index (χ3v) is 4.64. The molecule has 5 heteroatoms. The van der Waals surface area contributed by atoms with Crippen molar-refractivity contribution in [1.82, 2.24) is 4.90 Å². The van der Waals surface area contributed by atoms with Crippen LogP contribution in [0.15, 0.2) is 22.7 Å². The molecule has 1 atom stereocenters. The molecule has 1 N–H and O–H groups in total. The number of rotatable bonds is 5. The number of piperidine rings is 1. The van der Waals surface area contributed by atoms with E-state index in [1.807, 2.05) is 19.1 Å². The SMILES string of the molecule is CCOc1ccc(Br)cc1C(C)N1CCC(C(=O)O)CC1. The van der Waals surface area contributed by atoms with E-state index in [2.05, 4.69) is 33.8 Å². The number of aliphatic carboxylic acids is 1. The average molecular weight is 356 g/mol. The number of carboxylic acid groups (broad SMARTS) is 1. The minimum atomic E-state index is -0.667. The molecule has 1 saturated heterocycles. The highest BCUT2D eigenvalue weighted by Gasteiger charge is 2.28. The summed E-state index contributed by atoms with van der Waals surface area (Å²) in [5.74, 6) is 0.0515. The van der Waals surface area contributed by atoms with Gasteiger partial charge >= 0.3 is 5.97 Å². The van der Waals surface area contributed by atoms with Crippen molar-refractivity contribution < 1.29 is 14.6 Å². The number of carboxylic acids is 1. The number of hydrogen-bond donors (Lipinski definition) is 1. The van der Waals surface area contributed by atoms with Crippen molar-refractivity contribution in [2.75, 3.05) is 19.7 Å². The normalized spacial score (nSPS) is 18.4. The Morgan fingerprint density at radius 2 is 2.14 bits per heavy atom. The summed E-state index contributed by atoms with van der Waals surface area (Å²) in [5, 5.41) is 9.09. The van der Waals surface area contributed by atoms with Crippen LogP contribution in [-0.4, -0.2) is 35.7 Å². The van der Waals surface area contributed by atoms with Crippen LogP contribution >= 0.6 is 15.9 Å². The van der Waals surface area contributed by atoms with Gasteiger partial charge in [-0.15, -0.1) is 0 Å². The highest BCUT2D eigenvalue weighted by atomic mass is 79.9. The van der Waals surface area contributed by atoms with Crippen LogP contribution in [0.3, 0.4) is 0 Å². The van der Waals surface area contributed by atoms with E-state index in [0.29, 0.717) is 6.61 Å². The predicted molar refractivity (Wildman–Crippen MR) is 85.7 cm³/mol. The molecule has 4 nitrogen and oxygen atoms in total. The molecule has 1 aromatic carbocycles. The Balaban J connectivity index is 2.11. The third kappa shape index (κ3) is 3.98. The number of benzene rings is 1. The lowest BCUT2D eigenvalue weighted by Gasteiger charge is -2.35. The summed E-state index contributed by atoms with van der Waals surface area (Å²) < 4.78 is 6.76. The second kappa shape index (κ2) is 7.27. The van der Waals surface area contributed by atoms with Gasteiger partial charge in [-0.05, 0) is 58.0 Å². The second-order valence-electron chi connectivity index (χ2n) is 5.44. The van der Waals surface area contributed by atoms with Crippen LogP contribution in [0.4, 0.5) is 0 Å². The highest BCUT2D eigenvalue weighted by Crippen LogP contribution is 2.34. The van der Waals surface area contributed by atoms with Gasteiger partial charge in [0.25, 0.3) is 0 Å². The number of ether oxygens (including phenoxy) is 1. The first-order chi connectivity index (χ1) is 10.0. The van der Waals surface area contributed by atoms with E-state index < -0.39 is 5.97 Å². The lowest BCUT2D eigenvalue weighted by atomic mass is 9.94. The number of halogens is 1. The van der Waals surface area contributed by atoms with Gasteiger partial charge in [0.2, 0.25) is 0 Å². The fourth-order valence-corrected chi connectivity index (χ4v) is 3.24. The minimum absolute atomic E-state index is 0.192. The summed E-state index contributed by atoms with van der Waals surface area (Å²) in [6.45, 7) is 6.41. The summed E-state index contributed by atoms with van der Waals surface area (Å²) in [4.78, 5) is 13.4. The Morgan fingerprint density at radius 3 is 2.71 bits per heavy atom. The fraction of sp³-hybridized carbons (Fsp3) is 0.562. The quantitative estimate of drug-likeness (QED) is 0.874. The van der Waals surface area contributed by atoms with Gasteiger partial charge in [-0.25, -0.2) is 0 Å². The van der Waals surface area contributed by atoms with Gasteiger partial charge < -0.3 is 9.84 Å². The first-order valence-electron chi connectivity index (χ1n) is 7.42. The maximum atomic E-state index is 11.0. The van der Waals surface area contributed by atoms with Gasteiger partial charge in [0.1, 0.15) is 5.75 Å². The zero-order chi connectivity index (χ0) is 15.4. The molecule has 1 heterocycles. The molecule has 2 rings (SSSR count). The molecule has 116 valence electrons. The Bertz CT molecular complexity index is 498. The van der Waals surface area contributed by atoms with Gasteiger partial charge in [-0.2, -0.15) is 0 Å². The van der Waals surface area contributed by atoms with Crippen LogP contribution in [-0.2, 0) is 4.79 Å². The first-order valence-corrected chi connectivity index (χ1v) is 8.21. The number of nitrogens with zero attached hydrogens (tertiary/aromatic N) is 1. The van der Waals surface area contributed by atoms with Crippen molar-refractivity contribution in [1.29, 1.82) is 0 Å². The van der Waals surface area contributed by atoms with E-state index in [1.165, 1.54) is 0 Å². The largest absolute Gasteiger partial charge is 0.494 e. The van der Waals surface area contributed by atoms with Gasteiger partial charge in [-0.3, -0.25) is 9.69 Å². The van der Waals surface area contributed by atoms with Crippen LogP contribution in [0.25, 0.3) is 0 Å². The molecule has 0 aromatic heterocycles. The fourth-order valence-electron chi connectivity index (χ4n) is 2.86. The van der Waals surface area contributed by atoms with Crippen LogP contribution in [0.5, 0.6) is 5.75 Å². The van der Waals surface area contributed by atoms with Crippen molar-refractivity contribution >= 4 is 21.9 Å². The molecule has 1 aliphatic rings. The Morgan fingerprint density at radius 1 is 1.48 bits per heavy atom. The average Bonchev–Trinajstić information content (AvgIpc) is 2.48. The zero-order valence-electron chi connectivity index (χ0n) is 12.5. The lowest BCUT2D eigenvalue weighted by Crippen LogP contribution is -2.38. The molecule has 1 fully saturated rings. The van der Waals surface area contributed by atoms with Crippen LogP contribution in [0.1, 0.15) is 38.3 Å². The van der Waals surface area contributed by atoms with E-state index in [4.69, 9.17) is 9.84 Å². The van der Waals surface area contributed by atoms with Crippen molar-refractivity contribution in [2.45, 2.75) is 32.7 Å². The number of carbonyl (C=O) groups is 1. The lowest BCUT2D eigenvalue weighted by molar-refractivity contribution is -0.143. The van der Waals surface area contributed by atoms with Gasteiger partial charge in [0, 0.05) is 16.1 Å². The van der Waals surface area contributed by atoms with E-state index in [0.717, 1.165) is 41.7 Å². The van der Waals surface area contributed by atoms with E-state index in [-0.39, 0.29) is 12.0 Å². The Labute approximate surface area is 134 Å². The highest BCUT2D eigenvalue weighted by molar-refractivity contribution is 9.10. The molecular weight excluding hydrogens is 334 g/mol. The predicted octanol–water partition coefficient (Wildman–Crippen LogP) is 3.71. The monoisotopic (exact) mass is 355 g/mol. The minimum Gasteiger partial charge on any atom is -0.494 e. The first kappa shape index (κ1) is 16.3. The van der Waals surface area contributed by atoms with Gasteiger partial charge in [0.15, 0.2) is 0 Å². The molecule has 0 aliphatic carbocycles. The molecule has 21 heavy (non-hydrogen) atoms. The van der Waals surface area contributed by atoms with Crippen molar-refractivity contribution in [2.24, 2.45) is 5.92 Å². The van der Waals surface area contributed by atoms with Gasteiger partial charge in [-0.1, -0.05) is 15.9 Å². The summed E-state index contributed by atoms with van der Waals surface area (Å²) in [7, 11) is 0. The maximum absolute atomic E-state index is 11.0. The summed E-state index contributed by atoms with van der Waals surface area (Å²) in [6.07, 6.45) is 1.44. The van der Waals surface area contributed by atoms with Crippen molar-refractivity contribution in [3.8, 4) is 5.75 Å². The number of likely N-dealkylation sites (tertiary alicyclic amines) is 1. The molecule has 0 saturated carbocycles. The van der Waals surface area contributed by atoms with Gasteiger partial charge in [0.05, 0.1) is 12.5 Å². The molecule has 0 spiro atoms. The molecule has 1 aromatic rings. The smallest absolute Gasteiger partial charge is 0.306 e. The summed E-state index contributed by atoms with van der Waals surface area (Å²) >= 11 is 3.52. The van der Waals surface area contributed by atoms with Crippen LogP contribution in [0.2, 0.25) is 0 Å². The number of hydrogen-bond acceptors (Lipinski definition) is 3. The molecule has 1 unspecified atom stereocenters. The van der Waals surface area contributed by atoms with Crippen molar-refractivity contribution in [3.63, 3.8) is 0 Å². The Kier molecular flexibility index (Phi) is 5.65. The maximum Gasteiger partial charge on any atom is 0.306 e. The third-order valence-electron chi connectivity index (χ3n) is 4.15. The van der Waals surface area contributed by atoms with E-state index >= 15 is 0 Å². The summed E-state index contributed by atoms with van der Waals surface area (Å²) in [5.41, 5.74) is 1.15. The standard InChI is InChI=1S/C16H22BrNO3/c1-3-21-15-5-4-13(17)10-14(15)11(2)18-8-6-12(7-9-18)16(19)20/h4-5,10-12H,3,6-9H2,1-2H3,(H,19,20). The van der Waals surface area contributed by atoms with Crippen molar-refractivity contribution in [3.05, 3.63) is 28.2 Å². The van der Waals surface area contributed by atoms with Crippen LogP contribution in [0, 0.1) is 5.92 Å². The van der Waals surface area contributed by atoms with E-state index in [1.54, 1.807) is 0 Å². The molecule has 0 amide bonds. The molecule has 0 bridgehead atoms. The zero-order valence-corrected chi connectivity index (χ0v) is 14.1. The molecular formula is C16H22BrNO3. The molecule has 1 aliphatic heterocycles. The van der Waals surface area contributed by atoms with Crippen LogP contribution < -0.4 is 4.74 Å². The summed E-state index contributed by atoms with van der Waals surface area (Å²) in [6, 6.07) is 6.29. The van der Waals surface area contributed by atoms with E-state index in [9.17, 15) is 4.79 Å². The Hall–Kier alpha value is -1.07.